The minimum Gasteiger partial charge on any atom is -0.384 e. The molecule has 0 amide bonds. The molecule has 0 aliphatic heterocycles. The van der Waals surface area contributed by atoms with Gasteiger partial charge < -0.3 is 5.11 Å². The summed E-state index contributed by atoms with van der Waals surface area (Å²) < 4.78 is 0. The summed E-state index contributed by atoms with van der Waals surface area (Å²) in [4.78, 5) is 4.93. The summed E-state index contributed by atoms with van der Waals surface area (Å²) in [6.07, 6.45) is -0.634. The topological polar surface area (TPSA) is 33.1 Å². The zero-order valence-electron chi connectivity index (χ0n) is 13.3. The second-order valence-electron chi connectivity index (χ2n) is 6.26. The maximum Gasteiger partial charge on any atom is 0.106 e. The first kappa shape index (κ1) is 14.6. The molecule has 0 radical (unpaired) electrons. The van der Waals surface area contributed by atoms with E-state index < -0.39 is 6.10 Å². The van der Waals surface area contributed by atoms with Gasteiger partial charge in [0.2, 0.25) is 0 Å². The Bertz CT molecular complexity index is 1120. The number of aromatic nitrogens is 1. The molecular formula is C22H14ClNO. The number of hydrogen-bond acceptors (Lipinski definition) is 2. The summed E-state index contributed by atoms with van der Waals surface area (Å²) in [6.45, 7) is 0. The van der Waals surface area contributed by atoms with Crippen molar-refractivity contribution >= 4 is 22.5 Å². The van der Waals surface area contributed by atoms with Crippen LogP contribution in [0.25, 0.3) is 33.3 Å². The van der Waals surface area contributed by atoms with Gasteiger partial charge in [0.1, 0.15) is 6.10 Å². The normalized spacial score (nSPS) is 15.2. The first-order valence-electron chi connectivity index (χ1n) is 8.20. The van der Waals surface area contributed by atoms with E-state index in [0.717, 1.165) is 44.4 Å². The van der Waals surface area contributed by atoms with Crippen molar-refractivity contribution in [1.29, 1.82) is 0 Å². The highest BCUT2D eigenvalue weighted by atomic mass is 35.5. The van der Waals surface area contributed by atoms with E-state index >= 15 is 0 Å². The molecule has 0 saturated heterocycles. The molecule has 25 heavy (non-hydrogen) atoms. The predicted molar refractivity (Wildman–Crippen MR) is 102 cm³/mol. The Morgan fingerprint density at radius 2 is 1.56 bits per heavy atom. The number of rotatable bonds is 1. The van der Waals surface area contributed by atoms with E-state index in [4.69, 9.17) is 16.6 Å². The number of aliphatic hydroxyl groups excluding tert-OH is 1. The van der Waals surface area contributed by atoms with Crippen LogP contribution >= 0.6 is 11.6 Å². The van der Waals surface area contributed by atoms with Gasteiger partial charge >= 0.3 is 0 Å². The predicted octanol–water partition coefficient (Wildman–Crippen LogP) is 5.62. The fraction of sp³-hybridized carbons (Fsp3) is 0.0455. The largest absolute Gasteiger partial charge is 0.384 e. The third kappa shape index (κ3) is 2.12. The van der Waals surface area contributed by atoms with Crippen molar-refractivity contribution in [2.24, 2.45) is 0 Å². The van der Waals surface area contributed by atoms with Crippen molar-refractivity contribution in [2.45, 2.75) is 6.10 Å². The highest BCUT2D eigenvalue weighted by Gasteiger charge is 2.32. The lowest BCUT2D eigenvalue weighted by Gasteiger charge is -2.13. The number of hydrogen-bond donors (Lipinski definition) is 1. The third-order valence-corrected chi connectivity index (χ3v) is 5.10. The average Bonchev–Trinajstić information content (AvgIpc) is 2.96. The van der Waals surface area contributed by atoms with Crippen molar-refractivity contribution in [2.75, 3.05) is 0 Å². The molecule has 1 atom stereocenters. The number of para-hydroxylation sites is 1. The number of halogens is 1. The van der Waals surface area contributed by atoms with Gasteiger partial charge in [0.05, 0.1) is 11.2 Å². The fourth-order valence-electron chi connectivity index (χ4n) is 3.73. The van der Waals surface area contributed by atoms with Crippen LogP contribution in [0.3, 0.4) is 0 Å². The number of aliphatic hydroxyl groups is 1. The van der Waals surface area contributed by atoms with Crippen LogP contribution in [0.15, 0.2) is 72.8 Å². The summed E-state index contributed by atoms with van der Waals surface area (Å²) in [7, 11) is 0. The molecule has 5 rings (SSSR count). The van der Waals surface area contributed by atoms with E-state index in [1.54, 1.807) is 0 Å². The zero-order valence-corrected chi connectivity index (χ0v) is 14.0. The Hall–Kier alpha value is -2.68. The maximum absolute atomic E-state index is 11.0. The average molecular weight is 344 g/mol. The van der Waals surface area contributed by atoms with Gasteiger partial charge in [-0.3, -0.25) is 0 Å². The van der Waals surface area contributed by atoms with E-state index in [2.05, 4.69) is 6.07 Å². The molecule has 1 aliphatic carbocycles. The molecule has 1 unspecified atom stereocenters. The molecule has 0 bridgehead atoms. The molecule has 1 N–H and O–H groups in total. The zero-order chi connectivity index (χ0) is 17.0. The highest BCUT2D eigenvalue weighted by molar-refractivity contribution is 6.30. The molecule has 0 spiro atoms. The summed E-state index contributed by atoms with van der Waals surface area (Å²) in [5.74, 6) is 0. The molecule has 0 saturated carbocycles. The van der Waals surface area contributed by atoms with Crippen LogP contribution in [0.4, 0.5) is 0 Å². The number of nitrogens with zero attached hydrogens (tertiary/aromatic N) is 1. The molecular weight excluding hydrogens is 330 g/mol. The minimum absolute atomic E-state index is 0.634. The molecule has 1 aromatic heterocycles. The quantitative estimate of drug-likeness (QED) is 0.486. The number of fused-ring (bicyclic) bond motifs is 5. The SMILES string of the molecule is OC1c2ccccc2-c2c(-c3ccc(Cl)cc3)nc3ccccc3c21. The van der Waals surface area contributed by atoms with Gasteiger partial charge in [0.25, 0.3) is 0 Å². The van der Waals surface area contributed by atoms with E-state index in [-0.39, 0.29) is 0 Å². The molecule has 3 heteroatoms. The Kier molecular flexibility index (Phi) is 3.17. The van der Waals surface area contributed by atoms with Gasteiger partial charge in [0, 0.05) is 27.1 Å². The first-order valence-corrected chi connectivity index (χ1v) is 8.58. The van der Waals surface area contributed by atoms with Gasteiger partial charge in [-0.05, 0) is 29.3 Å². The lowest BCUT2D eigenvalue weighted by Crippen LogP contribution is -1.98. The van der Waals surface area contributed by atoms with E-state index in [0.29, 0.717) is 5.02 Å². The van der Waals surface area contributed by atoms with Gasteiger partial charge in [-0.1, -0.05) is 66.2 Å². The standard InChI is InChI=1S/C22H14ClNO/c23-14-11-9-13(10-12-14)21-19-15-5-1-2-6-16(15)22(25)20(19)17-7-3-4-8-18(17)24-21/h1-12,22,25H. The summed E-state index contributed by atoms with van der Waals surface area (Å²) in [5, 5.41) is 12.7. The van der Waals surface area contributed by atoms with E-state index in [1.165, 1.54) is 0 Å². The van der Waals surface area contributed by atoms with Crippen molar-refractivity contribution in [3.63, 3.8) is 0 Å². The number of pyridine rings is 1. The summed E-state index contributed by atoms with van der Waals surface area (Å²) in [5.41, 5.74) is 6.71. The van der Waals surface area contributed by atoms with Crippen LogP contribution in [0.5, 0.6) is 0 Å². The Balaban J connectivity index is 1.93. The molecule has 3 aromatic carbocycles. The van der Waals surface area contributed by atoms with Crippen LogP contribution < -0.4 is 0 Å². The van der Waals surface area contributed by atoms with Crippen LogP contribution in [0.2, 0.25) is 5.02 Å². The molecule has 0 fully saturated rings. The lowest BCUT2D eigenvalue weighted by atomic mass is 9.96. The van der Waals surface area contributed by atoms with Gasteiger partial charge in [-0.25, -0.2) is 4.98 Å². The minimum atomic E-state index is -0.634. The smallest absolute Gasteiger partial charge is 0.106 e. The molecule has 2 nitrogen and oxygen atoms in total. The molecule has 1 aliphatic rings. The molecule has 120 valence electrons. The second kappa shape index (κ2) is 5.41. The monoisotopic (exact) mass is 343 g/mol. The lowest BCUT2D eigenvalue weighted by molar-refractivity contribution is 0.226. The molecule has 1 heterocycles. The van der Waals surface area contributed by atoms with Crippen LogP contribution in [0.1, 0.15) is 17.2 Å². The third-order valence-electron chi connectivity index (χ3n) is 4.85. The van der Waals surface area contributed by atoms with Gasteiger partial charge in [-0.2, -0.15) is 0 Å². The summed E-state index contributed by atoms with van der Waals surface area (Å²) in [6, 6.07) is 23.7. The van der Waals surface area contributed by atoms with Crippen molar-refractivity contribution in [3.8, 4) is 22.4 Å². The Labute approximate surface area is 150 Å². The van der Waals surface area contributed by atoms with Crippen LogP contribution in [-0.2, 0) is 0 Å². The fourth-order valence-corrected chi connectivity index (χ4v) is 3.86. The van der Waals surface area contributed by atoms with E-state index in [9.17, 15) is 5.11 Å². The maximum atomic E-state index is 11.0. The molecule has 4 aromatic rings. The van der Waals surface area contributed by atoms with Gasteiger partial charge in [0.15, 0.2) is 0 Å². The Morgan fingerprint density at radius 3 is 2.40 bits per heavy atom. The first-order chi connectivity index (χ1) is 12.2. The van der Waals surface area contributed by atoms with Crippen LogP contribution in [0, 0.1) is 0 Å². The second-order valence-corrected chi connectivity index (χ2v) is 6.70. The Morgan fingerprint density at radius 1 is 0.840 bits per heavy atom. The van der Waals surface area contributed by atoms with Gasteiger partial charge in [-0.15, -0.1) is 0 Å². The van der Waals surface area contributed by atoms with Crippen molar-refractivity contribution in [3.05, 3.63) is 88.9 Å². The summed E-state index contributed by atoms with van der Waals surface area (Å²) >= 11 is 6.06. The number of benzene rings is 3. The van der Waals surface area contributed by atoms with Crippen LogP contribution in [-0.4, -0.2) is 10.1 Å². The van der Waals surface area contributed by atoms with Crippen molar-refractivity contribution < 1.29 is 5.11 Å². The highest BCUT2D eigenvalue weighted by Crippen LogP contribution is 2.49. The van der Waals surface area contributed by atoms with Crippen molar-refractivity contribution in [1.82, 2.24) is 4.98 Å². The van der Waals surface area contributed by atoms with E-state index in [1.807, 2.05) is 66.7 Å².